The first-order valence-electron chi connectivity index (χ1n) is 5.58. The van der Waals surface area contributed by atoms with E-state index in [1.54, 1.807) is 0 Å². The van der Waals surface area contributed by atoms with E-state index in [2.05, 4.69) is 13.8 Å². The molecule has 0 unspecified atom stereocenters. The average Bonchev–Trinajstić information content (AvgIpc) is 2.55. The van der Waals surface area contributed by atoms with Crippen molar-refractivity contribution in [3.63, 3.8) is 0 Å². The number of nitrogens with two attached hydrogens (primary N) is 1. The van der Waals surface area contributed by atoms with Crippen LogP contribution in [-0.2, 0) is 10.3 Å². The molecule has 86 valence electrons. The van der Waals surface area contributed by atoms with Gasteiger partial charge in [0.15, 0.2) is 0 Å². The molecule has 16 heavy (non-hydrogen) atoms. The van der Waals surface area contributed by atoms with Gasteiger partial charge in [0.1, 0.15) is 5.54 Å². The van der Waals surface area contributed by atoms with Gasteiger partial charge >= 0.3 is 5.97 Å². The molecule has 0 fully saturated rings. The third kappa shape index (κ3) is 1.43. The summed E-state index contributed by atoms with van der Waals surface area (Å²) in [6.07, 6.45) is 0.499. The van der Waals surface area contributed by atoms with Crippen LogP contribution in [0.5, 0.6) is 0 Å². The van der Waals surface area contributed by atoms with Crippen molar-refractivity contribution in [2.24, 2.45) is 11.7 Å². The lowest BCUT2D eigenvalue weighted by Gasteiger charge is -2.21. The molecule has 0 aromatic heterocycles. The second-order valence-electron chi connectivity index (χ2n) is 4.92. The van der Waals surface area contributed by atoms with E-state index in [9.17, 15) is 9.90 Å². The van der Waals surface area contributed by atoms with Gasteiger partial charge in [0, 0.05) is 0 Å². The van der Waals surface area contributed by atoms with Crippen molar-refractivity contribution in [1.29, 1.82) is 0 Å². The summed E-state index contributed by atoms with van der Waals surface area (Å²) in [4.78, 5) is 11.3. The quantitative estimate of drug-likeness (QED) is 0.800. The Morgan fingerprint density at radius 3 is 2.69 bits per heavy atom. The minimum Gasteiger partial charge on any atom is -0.480 e. The molecule has 0 radical (unpaired) electrons. The van der Waals surface area contributed by atoms with E-state index in [4.69, 9.17) is 5.73 Å². The van der Waals surface area contributed by atoms with E-state index in [1.165, 1.54) is 0 Å². The number of carboxylic acid groups (broad SMARTS) is 1. The van der Waals surface area contributed by atoms with Crippen molar-refractivity contribution >= 4 is 5.97 Å². The maximum atomic E-state index is 11.3. The van der Waals surface area contributed by atoms with Crippen LogP contribution in [0.4, 0.5) is 0 Å². The van der Waals surface area contributed by atoms with Crippen molar-refractivity contribution in [2.45, 2.75) is 31.7 Å². The largest absolute Gasteiger partial charge is 0.480 e. The molecule has 1 aliphatic carbocycles. The Balaban J connectivity index is 2.55. The van der Waals surface area contributed by atoms with Gasteiger partial charge in [-0.05, 0) is 29.4 Å². The second kappa shape index (κ2) is 3.59. The SMILES string of the molecule is CC(C)[C@@H]1C[C@](N)(C(=O)O)c2ccccc21. The van der Waals surface area contributed by atoms with E-state index < -0.39 is 11.5 Å². The van der Waals surface area contributed by atoms with Crippen LogP contribution in [0.1, 0.15) is 37.3 Å². The number of fused-ring (bicyclic) bond motifs is 1. The molecule has 0 heterocycles. The first-order valence-corrected chi connectivity index (χ1v) is 5.58. The topological polar surface area (TPSA) is 63.3 Å². The Hall–Kier alpha value is -1.35. The smallest absolute Gasteiger partial charge is 0.328 e. The van der Waals surface area contributed by atoms with Gasteiger partial charge < -0.3 is 10.8 Å². The summed E-state index contributed by atoms with van der Waals surface area (Å²) in [5.74, 6) is -0.272. The van der Waals surface area contributed by atoms with E-state index in [1.807, 2.05) is 24.3 Å². The number of hydrogen-bond donors (Lipinski definition) is 2. The van der Waals surface area contributed by atoms with Gasteiger partial charge in [-0.2, -0.15) is 0 Å². The molecule has 1 aromatic carbocycles. The zero-order valence-electron chi connectivity index (χ0n) is 9.60. The summed E-state index contributed by atoms with van der Waals surface area (Å²) < 4.78 is 0. The number of benzene rings is 1. The Labute approximate surface area is 95.3 Å². The molecule has 0 bridgehead atoms. The van der Waals surface area contributed by atoms with Crippen LogP contribution in [0.3, 0.4) is 0 Å². The summed E-state index contributed by atoms with van der Waals surface area (Å²) in [7, 11) is 0. The van der Waals surface area contributed by atoms with Gasteiger partial charge in [-0.15, -0.1) is 0 Å². The van der Waals surface area contributed by atoms with Crippen molar-refractivity contribution in [1.82, 2.24) is 0 Å². The highest BCUT2D eigenvalue weighted by Crippen LogP contribution is 2.46. The Bertz CT molecular complexity index is 428. The van der Waals surface area contributed by atoms with Crippen LogP contribution in [0.2, 0.25) is 0 Å². The summed E-state index contributed by atoms with van der Waals surface area (Å²) in [5, 5.41) is 9.29. The van der Waals surface area contributed by atoms with Crippen molar-refractivity contribution in [3.8, 4) is 0 Å². The molecule has 0 spiro atoms. The van der Waals surface area contributed by atoms with Crippen LogP contribution in [-0.4, -0.2) is 11.1 Å². The predicted molar refractivity (Wildman–Crippen MR) is 62.1 cm³/mol. The second-order valence-corrected chi connectivity index (χ2v) is 4.92. The molecule has 0 saturated carbocycles. The molecule has 3 heteroatoms. The summed E-state index contributed by atoms with van der Waals surface area (Å²) in [6.45, 7) is 4.21. The van der Waals surface area contributed by atoms with Gasteiger partial charge in [0.2, 0.25) is 0 Å². The zero-order valence-corrected chi connectivity index (χ0v) is 9.60. The molecule has 2 rings (SSSR count). The molecule has 1 aromatic rings. The van der Waals surface area contributed by atoms with Gasteiger partial charge in [-0.25, -0.2) is 4.79 Å². The minimum atomic E-state index is -1.20. The van der Waals surface area contributed by atoms with E-state index in [0.29, 0.717) is 12.3 Å². The molecule has 0 saturated heterocycles. The summed E-state index contributed by atoms with van der Waals surface area (Å²) in [6, 6.07) is 7.64. The van der Waals surface area contributed by atoms with Gasteiger partial charge in [-0.3, -0.25) is 0 Å². The maximum Gasteiger partial charge on any atom is 0.328 e. The molecule has 2 atom stereocenters. The highest BCUT2D eigenvalue weighted by Gasteiger charge is 2.47. The van der Waals surface area contributed by atoms with E-state index in [0.717, 1.165) is 11.1 Å². The lowest BCUT2D eigenvalue weighted by Crippen LogP contribution is -2.43. The third-order valence-corrected chi connectivity index (χ3v) is 3.57. The normalized spacial score (nSPS) is 28.1. The maximum absolute atomic E-state index is 11.3. The Morgan fingerprint density at radius 1 is 1.50 bits per heavy atom. The average molecular weight is 219 g/mol. The molecule has 1 aliphatic rings. The van der Waals surface area contributed by atoms with Gasteiger partial charge in [-0.1, -0.05) is 38.1 Å². The van der Waals surface area contributed by atoms with Crippen molar-refractivity contribution in [3.05, 3.63) is 35.4 Å². The molecule has 3 N–H and O–H groups in total. The standard InChI is InChI=1S/C13H17NO2/c1-8(2)10-7-13(14,12(15)16)11-6-4-3-5-9(10)11/h3-6,8,10H,7,14H2,1-2H3,(H,15,16)/t10-,13+/m0/s1. The first kappa shape index (κ1) is 11.1. The molecule has 0 aliphatic heterocycles. The molecule has 3 nitrogen and oxygen atoms in total. The predicted octanol–water partition coefficient (Wildman–Crippen LogP) is 2.07. The van der Waals surface area contributed by atoms with Crippen molar-refractivity contribution < 1.29 is 9.90 Å². The molecule has 0 amide bonds. The Morgan fingerprint density at radius 2 is 2.12 bits per heavy atom. The lowest BCUT2D eigenvalue weighted by atomic mass is 9.88. The number of hydrogen-bond acceptors (Lipinski definition) is 2. The summed E-state index contributed by atoms with van der Waals surface area (Å²) >= 11 is 0. The number of aliphatic carboxylic acids is 1. The van der Waals surface area contributed by atoms with Crippen LogP contribution < -0.4 is 5.73 Å². The van der Waals surface area contributed by atoms with Crippen LogP contribution >= 0.6 is 0 Å². The Kier molecular flexibility index (Phi) is 2.50. The van der Waals surface area contributed by atoms with Gasteiger partial charge in [0.25, 0.3) is 0 Å². The number of rotatable bonds is 2. The number of carboxylic acids is 1. The number of carbonyl (C=O) groups is 1. The fraction of sp³-hybridized carbons (Fsp3) is 0.462. The zero-order chi connectivity index (χ0) is 11.9. The van der Waals surface area contributed by atoms with Crippen molar-refractivity contribution in [2.75, 3.05) is 0 Å². The van der Waals surface area contributed by atoms with Gasteiger partial charge in [0.05, 0.1) is 0 Å². The highest BCUT2D eigenvalue weighted by molar-refractivity contribution is 5.82. The third-order valence-electron chi connectivity index (χ3n) is 3.57. The van der Waals surface area contributed by atoms with Crippen LogP contribution in [0, 0.1) is 5.92 Å². The van der Waals surface area contributed by atoms with E-state index in [-0.39, 0.29) is 5.92 Å². The molecular weight excluding hydrogens is 202 g/mol. The lowest BCUT2D eigenvalue weighted by molar-refractivity contribution is -0.143. The minimum absolute atomic E-state index is 0.247. The van der Waals surface area contributed by atoms with Crippen LogP contribution in [0.15, 0.2) is 24.3 Å². The fourth-order valence-corrected chi connectivity index (χ4v) is 2.59. The van der Waals surface area contributed by atoms with Crippen LogP contribution in [0.25, 0.3) is 0 Å². The summed E-state index contributed by atoms with van der Waals surface area (Å²) in [5.41, 5.74) is 6.72. The highest BCUT2D eigenvalue weighted by atomic mass is 16.4. The molecular formula is C13H17NO2. The first-order chi connectivity index (χ1) is 7.47. The fourth-order valence-electron chi connectivity index (χ4n) is 2.59. The monoisotopic (exact) mass is 219 g/mol. The van der Waals surface area contributed by atoms with E-state index >= 15 is 0 Å².